The van der Waals surface area contributed by atoms with Crippen molar-refractivity contribution in [2.24, 2.45) is 0 Å². The number of aromatic carboxylic acids is 1. The van der Waals surface area contributed by atoms with Gasteiger partial charge >= 0.3 is 17.8 Å². The number of carboxylic acid groups (broad SMARTS) is 2. The average molecular weight is 336 g/mol. The minimum Gasteiger partial charge on any atom is -0.478 e. The van der Waals surface area contributed by atoms with Gasteiger partial charge in [-0.2, -0.15) is 0 Å². The highest BCUT2D eigenvalue weighted by molar-refractivity contribution is 7.89. The average Bonchev–Trinajstić information content (AvgIpc) is 2.79. The van der Waals surface area contributed by atoms with E-state index in [1.165, 1.54) is 13.0 Å². The summed E-state index contributed by atoms with van der Waals surface area (Å²) in [6, 6.07) is 1.17. The van der Waals surface area contributed by atoms with Crippen molar-refractivity contribution in [2.45, 2.75) is 13.5 Å². The van der Waals surface area contributed by atoms with Gasteiger partial charge in [0, 0.05) is 11.4 Å². The van der Waals surface area contributed by atoms with E-state index in [4.69, 9.17) is 10.2 Å². The fraction of sp³-hybridized carbons (Fsp3) is 0.300. The van der Waals surface area contributed by atoms with Crippen LogP contribution in [0.1, 0.15) is 22.2 Å². The number of aliphatic carboxylic acids is 1. The van der Waals surface area contributed by atoms with Crippen LogP contribution in [0.2, 0.25) is 0 Å². The molecule has 21 heavy (non-hydrogen) atoms. The topological polar surface area (TPSA) is 150 Å². The first-order valence-corrected chi connectivity index (χ1v) is 8.00. The zero-order valence-corrected chi connectivity index (χ0v) is 12.4. The SMILES string of the molecule is CCS(=O)(=O)NCc1cc(C(=O)O)c(NC(=O)C(=O)O)s1. The van der Waals surface area contributed by atoms with E-state index in [2.05, 4.69) is 4.72 Å². The number of hydrogen-bond donors (Lipinski definition) is 4. The molecule has 1 aromatic heterocycles. The Morgan fingerprint density at radius 1 is 1.29 bits per heavy atom. The Labute approximate surface area is 123 Å². The predicted octanol–water partition coefficient (Wildman–Crippen LogP) is -0.0913. The van der Waals surface area contributed by atoms with E-state index >= 15 is 0 Å². The lowest BCUT2D eigenvalue weighted by atomic mass is 10.3. The molecule has 116 valence electrons. The summed E-state index contributed by atoms with van der Waals surface area (Å²) < 4.78 is 24.8. The lowest BCUT2D eigenvalue weighted by molar-refractivity contribution is -0.147. The van der Waals surface area contributed by atoms with E-state index in [0.717, 1.165) is 11.3 Å². The first-order valence-electron chi connectivity index (χ1n) is 5.54. The summed E-state index contributed by atoms with van der Waals surface area (Å²) in [5, 5.41) is 19.2. The van der Waals surface area contributed by atoms with Crippen LogP contribution in [-0.2, 0) is 26.2 Å². The monoisotopic (exact) mass is 336 g/mol. The van der Waals surface area contributed by atoms with Crippen LogP contribution >= 0.6 is 11.3 Å². The first kappa shape index (κ1) is 17.1. The fourth-order valence-corrected chi connectivity index (χ4v) is 2.87. The fourth-order valence-electron chi connectivity index (χ4n) is 1.22. The van der Waals surface area contributed by atoms with Crippen LogP contribution in [0.4, 0.5) is 5.00 Å². The van der Waals surface area contributed by atoms with Crippen molar-refractivity contribution in [1.82, 2.24) is 4.72 Å². The second-order valence-electron chi connectivity index (χ2n) is 3.74. The summed E-state index contributed by atoms with van der Waals surface area (Å²) in [6.45, 7) is 1.29. The number of carbonyl (C=O) groups is 3. The van der Waals surface area contributed by atoms with E-state index in [1.54, 1.807) is 0 Å². The molecule has 11 heteroatoms. The van der Waals surface area contributed by atoms with Gasteiger partial charge in [-0.3, -0.25) is 4.79 Å². The van der Waals surface area contributed by atoms with E-state index < -0.39 is 27.9 Å². The van der Waals surface area contributed by atoms with Crippen molar-refractivity contribution in [2.75, 3.05) is 11.1 Å². The summed E-state index contributed by atoms with van der Waals surface area (Å²) in [5.74, 6) is -4.63. The smallest absolute Gasteiger partial charge is 0.394 e. The maximum atomic E-state index is 11.3. The Morgan fingerprint density at radius 2 is 1.90 bits per heavy atom. The van der Waals surface area contributed by atoms with Crippen LogP contribution in [0.3, 0.4) is 0 Å². The number of amides is 1. The van der Waals surface area contributed by atoms with Crippen molar-refractivity contribution in [3.8, 4) is 0 Å². The molecule has 0 radical (unpaired) electrons. The minimum atomic E-state index is -3.45. The van der Waals surface area contributed by atoms with Gasteiger partial charge in [-0.15, -0.1) is 11.3 Å². The second-order valence-corrected chi connectivity index (χ2v) is 6.98. The van der Waals surface area contributed by atoms with Crippen LogP contribution in [0.25, 0.3) is 0 Å². The van der Waals surface area contributed by atoms with Gasteiger partial charge in [0.05, 0.1) is 11.3 Å². The summed E-state index contributed by atoms with van der Waals surface area (Å²) >= 11 is 0.782. The molecular formula is C10H12N2O7S2. The van der Waals surface area contributed by atoms with E-state index in [-0.39, 0.29) is 22.9 Å². The lowest BCUT2D eigenvalue weighted by Crippen LogP contribution is -2.24. The molecule has 1 amide bonds. The number of nitrogens with one attached hydrogen (secondary N) is 2. The molecule has 0 bridgehead atoms. The molecule has 1 aromatic rings. The first-order chi connectivity index (χ1) is 9.66. The zero-order chi connectivity index (χ0) is 16.2. The van der Waals surface area contributed by atoms with E-state index in [0.29, 0.717) is 4.88 Å². The van der Waals surface area contributed by atoms with Gasteiger partial charge in [0.1, 0.15) is 5.00 Å². The van der Waals surface area contributed by atoms with E-state index in [1.807, 2.05) is 5.32 Å². The molecule has 0 spiro atoms. The van der Waals surface area contributed by atoms with Gasteiger partial charge in [0.15, 0.2) is 0 Å². The number of thiophene rings is 1. The lowest BCUT2D eigenvalue weighted by Gasteiger charge is -2.01. The zero-order valence-electron chi connectivity index (χ0n) is 10.7. The van der Waals surface area contributed by atoms with Gasteiger partial charge in [0.25, 0.3) is 0 Å². The van der Waals surface area contributed by atoms with Gasteiger partial charge in [-0.25, -0.2) is 22.7 Å². The Kier molecular flexibility index (Phi) is 5.41. The van der Waals surface area contributed by atoms with Crippen molar-refractivity contribution < 1.29 is 33.0 Å². The third-order valence-corrected chi connectivity index (χ3v) is 4.68. The molecular weight excluding hydrogens is 324 g/mol. The minimum absolute atomic E-state index is 0.132. The molecule has 0 aromatic carbocycles. The Morgan fingerprint density at radius 3 is 2.38 bits per heavy atom. The molecule has 1 rings (SSSR count). The maximum Gasteiger partial charge on any atom is 0.394 e. The predicted molar refractivity (Wildman–Crippen MR) is 73.8 cm³/mol. The highest BCUT2D eigenvalue weighted by atomic mass is 32.2. The number of rotatable bonds is 6. The van der Waals surface area contributed by atoms with Crippen molar-refractivity contribution in [3.05, 3.63) is 16.5 Å². The van der Waals surface area contributed by atoms with Crippen molar-refractivity contribution in [1.29, 1.82) is 0 Å². The summed E-state index contributed by atoms with van der Waals surface area (Å²) in [5.41, 5.74) is -0.305. The van der Waals surface area contributed by atoms with Gasteiger partial charge < -0.3 is 15.5 Å². The largest absolute Gasteiger partial charge is 0.478 e. The maximum absolute atomic E-state index is 11.3. The molecule has 1 heterocycles. The Hall–Kier alpha value is -1.98. The van der Waals surface area contributed by atoms with Crippen LogP contribution in [0, 0.1) is 0 Å². The quantitative estimate of drug-likeness (QED) is 0.530. The number of sulfonamides is 1. The van der Waals surface area contributed by atoms with Crippen LogP contribution in [0.15, 0.2) is 6.07 Å². The number of hydrogen-bond acceptors (Lipinski definition) is 6. The van der Waals surface area contributed by atoms with Gasteiger partial charge in [0.2, 0.25) is 10.0 Å². The van der Waals surface area contributed by atoms with Gasteiger partial charge in [-0.1, -0.05) is 0 Å². The van der Waals surface area contributed by atoms with E-state index in [9.17, 15) is 22.8 Å². The van der Waals surface area contributed by atoms with Gasteiger partial charge in [-0.05, 0) is 13.0 Å². The molecule has 0 saturated carbocycles. The van der Waals surface area contributed by atoms with Crippen LogP contribution in [0.5, 0.6) is 0 Å². The summed E-state index contributed by atoms with van der Waals surface area (Å²) in [6.07, 6.45) is 0. The number of carbonyl (C=O) groups excluding carboxylic acids is 1. The number of carboxylic acids is 2. The normalized spacial score (nSPS) is 11.1. The Balaban J connectivity index is 2.97. The molecule has 0 saturated heterocycles. The molecule has 0 aliphatic heterocycles. The van der Waals surface area contributed by atoms with Crippen molar-refractivity contribution in [3.63, 3.8) is 0 Å². The van der Waals surface area contributed by atoms with Crippen LogP contribution < -0.4 is 10.0 Å². The van der Waals surface area contributed by atoms with Crippen molar-refractivity contribution >= 4 is 44.2 Å². The number of anilines is 1. The molecule has 0 unspecified atom stereocenters. The molecule has 0 aliphatic rings. The molecule has 0 atom stereocenters. The van der Waals surface area contributed by atoms with Crippen LogP contribution in [-0.4, -0.2) is 42.2 Å². The Bertz CT molecular complexity index is 678. The highest BCUT2D eigenvalue weighted by Crippen LogP contribution is 2.28. The summed E-state index contributed by atoms with van der Waals surface area (Å²) in [7, 11) is -3.45. The summed E-state index contributed by atoms with van der Waals surface area (Å²) in [4.78, 5) is 32.8. The highest BCUT2D eigenvalue weighted by Gasteiger charge is 2.20. The molecule has 0 aliphatic carbocycles. The standard InChI is InChI=1S/C10H12N2O7S2/c1-2-21(18,19)11-4-5-3-6(9(14)15)8(20-5)12-7(13)10(16)17/h3,11H,2,4H2,1H3,(H,12,13)(H,14,15)(H,16,17). The second kappa shape index (κ2) is 6.65. The third-order valence-electron chi connectivity index (χ3n) is 2.28. The molecule has 4 N–H and O–H groups in total. The molecule has 0 fully saturated rings. The molecule has 9 nitrogen and oxygen atoms in total. The third kappa shape index (κ3) is 4.81.